The van der Waals surface area contributed by atoms with E-state index in [9.17, 15) is 4.79 Å². The van der Waals surface area contributed by atoms with Crippen LogP contribution in [0, 0.1) is 11.3 Å². The number of Topliss-reactive ketones (excluding diaryl/α,β-unsaturated/α-hetero) is 1. The lowest BCUT2D eigenvalue weighted by Crippen LogP contribution is -1.95. The van der Waals surface area contributed by atoms with Crippen LogP contribution in [0.2, 0.25) is 0 Å². The van der Waals surface area contributed by atoms with Crippen LogP contribution in [0.25, 0.3) is 21.5 Å². The second-order valence-electron chi connectivity index (χ2n) is 4.13. The van der Waals surface area contributed by atoms with Crippen LogP contribution < -0.4 is 0 Å². The average Bonchev–Trinajstić information content (AvgIpc) is 2.45. The number of ketones is 1. The Morgan fingerprint density at radius 2 is 1.61 bits per heavy atom. The summed E-state index contributed by atoms with van der Waals surface area (Å²) in [6.07, 6.45) is 0. The van der Waals surface area contributed by atoms with Crippen molar-refractivity contribution in [1.29, 1.82) is 5.26 Å². The highest BCUT2D eigenvalue weighted by Crippen LogP contribution is 2.27. The van der Waals surface area contributed by atoms with Crippen LogP contribution in [0.1, 0.15) is 10.4 Å². The number of nitriles is 1. The molecule has 3 aromatic carbocycles. The molecular weight excluding hydrogens is 222 g/mol. The van der Waals surface area contributed by atoms with Crippen molar-refractivity contribution >= 4 is 27.3 Å². The van der Waals surface area contributed by atoms with Gasteiger partial charge in [-0.2, -0.15) is 5.26 Å². The highest BCUT2D eigenvalue weighted by Gasteiger charge is 2.10. The number of rotatable bonds is 1. The highest BCUT2D eigenvalue weighted by molar-refractivity contribution is 6.19. The molecule has 0 aromatic heterocycles. The molecule has 0 atom stereocenters. The Labute approximate surface area is 104 Å². The zero-order valence-corrected chi connectivity index (χ0v) is 9.55. The Morgan fingerprint density at radius 1 is 0.833 bits per heavy atom. The van der Waals surface area contributed by atoms with Gasteiger partial charge in [0.2, 0.25) is 0 Å². The molecule has 0 heterocycles. The summed E-state index contributed by atoms with van der Waals surface area (Å²) in [4.78, 5) is 11.6. The predicted octanol–water partition coefficient (Wildman–Crippen LogP) is 3.70. The van der Waals surface area contributed by atoms with Gasteiger partial charge in [-0.05, 0) is 27.6 Å². The lowest BCUT2D eigenvalue weighted by molar-refractivity contribution is 0.105. The van der Waals surface area contributed by atoms with Crippen LogP contribution in [0.5, 0.6) is 0 Å². The molecule has 0 bridgehead atoms. The summed E-state index contributed by atoms with van der Waals surface area (Å²) in [6.45, 7) is 0. The third-order valence-electron chi connectivity index (χ3n) is 3.13. The third kappa shape index (κ3) is 1.46. The van der Waals surface area contributed by atoms with Crippen molar-refractivity contribution in [2.24, 2.45) is 0 Å². The van der Waals surface area contributed by atoms with Crippen molar-refractivity contribution in [3.8, 4) is 6.07 Å². The molecule has 0 amide bonds. The summed E-state index contributed by atoms with van der Waals surface area (Å²) < 4.78 is 0. The van der Waals surface area contributed by atoms with Crippen molar-refractivity contribution in [3.05, 3.63) is 60.2 Å². The van der Waals surface area contributed by atoms with E-state index in [2.05, 4.69) is 0 Å². The summed E-state index contributed by atoms with van der Waals surface area (Å²) in [5, 5.41) is 12.8. The Balaban J connectivity index is 2.48. The number of carbonyl (C=O) groups is 1. The van der Waals surface area contributed by atoms with E-state index in [4.69, 9.17) is 5.26 Å². The van der Waals surface area contributed by atoms with Gasteiger partial charge in [-0.15, -0.1) is 0 Å². The molecule has 84 valence electrons. The minimum atomic E-state index is -0.490. The maximum atomic E-state index is 11.6. The van der Waals surface area contributed by atoms with E-state index in [1.807, 2.05) is 48.5 Å². The second kappa shape index (κ2) is 3.97. The summed E-state index contributed by atoms with van der Waals surface area (Å²) in [6, 6.07) is 19.1. The van der Waals surface area contributed by atoms with Crippen molar-refractivity contribution in [3.63, 3.8) is 0 Å². The van der Waals surface area contributed by atoms with Crippen LogP contribution in [0.15, 0.2) is 54.6 Å². The highest BCUT2D eigenvalue weighted by atomic mass is 16.1. The maximum Gasteiger partial charge on any atom is 0.262 e. The number of hydrogen-bond donors (Lipinski definition) is 0. The van der Waals surface area contributed by atoms with Crippen LogP contribution >= 0.6 is 0 Å². The first-order valence-corrected chi connectivity index (χ1v) is 5.66. The van der Waals surface area contributed by atoms with E-state index >= 15 is 0 Å². The first kappa shape index (κ1) is 10.5. The molecule has 3 rings (SSSR count). The molecular formula is C16H9NO. The van der Waals surface area contributed by atoms with E-state index in [1.165, 1.54) is 0 Å². The Kier molecular flexibility index (Phi) is 2.32. The molecule has 2 heteroatoms. The van der Waals surface area contributed by atoms with Crippen molar-refractivity contribution in [1.82, 2.24) is 0 Å². The van der Waals surface area contributed by atoms with E-state index in [0.29, 0.717) is 5.56 Å². The molecule has 0 aliphatic heterocycles. The smallest absolute Gasteiger partial charge is 0.262 e. The number of nitrogens with zero attached hydrogens (tertiary/aromatic N) is 1. The van der Waals surface area contributed by atoms with Gasteiger partial charge in [0.15, 0.2) is 0 Å². The molecule has 0 saturated carbocycles. The van der Waals surface area contributed by atoms with Gasteiger partial charge in [0.1, 0.15) is 6.07 Å². The first-order chi connectivity index (χ1) is 8.81. The largest absolute Gasteiger partial charge is 0.277 e. The summed E-state index contributed by atoms with van der Waals surface area (Å²) in [5.74, 6) is -0.490. The molecule has 18 heavy (non-hydrogen) atoms. The molecule has 0 unspecified atom stereocenters. The summed E-state index contributed by atoms with van der Waals surface area (Å²) >= 11 is 0. The topological polar surface area (TPSA) is 40.9 Å². The first-order valence-electron chi connectivity index (χ1n) is 5.66. The minimum Gasteiger partial charge on any atom is -0.277 e. The molecule has 0 aliphatic rings. The van der Waals surface area contributed by atoms with Gasteiger partial charge in [-0.1, -0.05) is 48.5 Å². The zero-order chi connectivity index (χ0) is 12.5. The Bertz CT molecular complexity index is 812. The second-order valence-corrected chi connectivity index (χ2v) is 4.13. The Morgan fingerprint density at radius 3 is 2.44 bits per heavy atom. The van der Waals surface area contributed by atoms with E-state index in [1.54, 1.807) is 12.1 Å². The van der Waals surface area contributed by atoms with E-state index < -0.39 is 5.78 Å². The molecule has 0 aliphatic carbocycles. The van der Waals surface area contributed by atoms with Crippen LogP contribution in [-0.2, 0) is 0 Å². The molecule has 0 spiro atoms. The zero-order valence-electron chi connectivity index (χ0n) is 9.55. The van der Waals surface area contributed by atoms with E-state index in [-0.39, 0.29) is 0 Å². The van der Waals surface area contributed by atoms with Crippen molar-refractivity contribution in [2.75, 3.05) is 0 Å². The fourth-order valence-electron chi connectivity index (χ4n) is 2.30. The van der Waals surface area contributed by atoms with Gasteiger partial charge in [0.05, 0.1) is 0 Å². The lowest BCUT2D eigenvalue weighted by Gasteiger charge is -2.06. The van der Waals surface area contributed by atoms with Crippen LogP contribution in [-0.4, -0.2) is 5.78 Å². The fourth-order valence-corrected chi connectivity index (χ4v) is 2.30. The molecule has 0 radical (unpaired) electrons. The Hall–Kier alpha value is -2.66. The van der Waals surface area contributed by atoms with Gasteiger partial charge < -0.3 is 0 Å². The van der Waals surface area contributed by atoms with Gasteiger partial charge in [0.25, 0.3) is 5.78 Å². The van der Waals surface area contributed by atoms with Crippen molar-refractivity contribution < 1.29 is 4.79 Å². The molecule has 0 N–H and O–H groups in total. The molecule has 2 nitrogen and oxygen atoms in total. The van der Waals surface area contributed by atoms with Gasteiger partial charge in [0, 0.05) is 5.56 Å². The molecule has 0 fully saturated rings. The van der Waals surface area contributed by atoms with Gasteiger partial charge in [-0.3, -0.25) is 4.79 Å². The lowest BCUT2D eigenvalue weighted by atomic mass is 9.97. The number of carbonyl (C=O) groups excluding carboxylic acids is 1. The normalized spacial score (nSPS) is 10.4. The van der Waals surface area contributed by atoms with Crippen molar-refractivity contribution in [2.45, 2.75) is 0 Å². The third-order valence-corrected chi connectivity index (χ3v) is 3.13. The molecule has 0 saturated heterocycles. The molecule has 3 aromatic rings. The number of hydrogen-bond acceptors (Lipinski definition) is 2. The van der Waals surface area contributed by atoms with Crippen LogP contribution in [0.3, 0.4) is 0 Å². The quantitative estimate of drug-likeness (QED) is 0.364. The summed E-state index contributed by atoms with van der Waals surface area (Å²) in [7, 11) is 0. The van der Waals surface area contributed by atoms with Crippen LogP contribution in [0.4, 0.5) is 0 Å². The monoisotopic (exact) mass is 231 g/mol. The predicted molar refractivity (Wildman–Crippen MR) is 71.4 cm³/mol. The fraction of sp³-hybridized carbons (Fsp3) is 0. The van der Waals surface area contributed by atoms with Gasteiger partial charge >= 0.3 is 0 Å². The minimum absolute atomic E-state index is 0.473. The number of benzene rings is 3. The van der Waals surface area contributed by atoms with Gasteiger partial charge in [-0.25, -0.2) is 0 Å². The SMILES string of the molecule is N#CC(=O)c1cccc2c1ccc1ccccc12. The standard InChI is InChI=1S/C16H9NO/c17-10-16(18)15-7-3-6-13-12-5-2-1-4-11(12)8-9-14(13)15/h1-9H. The van der Waals surface area contributed by atoms with E-state index in [0.717, 1.165) is 21.5 Å². The summed E-state index contributed by atoms with van der Waals surface area (Å²) in [5.41, 5.74) is 0.473. The average molecular weight is 231 g/mol. The number of fused-ring (bicyclic) bond motifs is 3. The maximum absolute atomic E-state index is 11.6.